The summed E-state index contributed by atoms with van der Waals surface area (Å²) in [6.07, 6.45) is 10.9. The molecule has 0 heterocycles. The van der Waals surface area contributed by atoms with E-state index in [-0.39, 0.29) is 0 Å². The van der Waals surface area contributed by atoms with Crippen LogP contribution in [0.1, 0.15) is 85.5 Å². The molecule has 0 aliphatic rings. The normalized spacial score (nSPS) is 12.2. The van der Waals surface area contributed by atoms with Gasteiger partial charge in [-0.2, -0.15) is 0 Å². The third-order valence-corrected chi connectivity index (χ3v) is 8.88. The summed E-state index contributed by atoms with van der Waals surface area (Å²) in [5, 5.41) is 0. The molecular formula is C17H37O2PS2. The largest absolute Gasteiger partial charge is 0.322 e. The van der Waals surface area contributed by atoms with E-state index in [2.05, 4.69) is 27.7 Å². The summed E-state index contributed by atoms with van der Waals surface area (Å²) < 4.78 is 12.1. The van der Waals surface area contributed by atoms with Crippen LogP contribution in [0.15, 0.2) is 0 Å². The molecule has 0 aromatic rings. The summed E-state index contributed by atoms with van der Waals surface area (Å²) in [5.41, 5.74) is -2.12. The average Bonchev–Trinajstić information content (AvgIpc) is 2.46. The van der Waals surface area contributed by atoms with Gasteiger partial charge in [0.05, 0.1) is 13.2 Å². The molecule has 0 N–H and O–H groups in total. The summed E-state index contributed by atoms with van der Waals surface area (Å²) in [5.74, 6) is 1.77. The van der Waals surface area contributed by atoms with Gasteiger partial charge in [0.1, 0.15) is 0 Å². The standard InChI is InChI=1S/C17H37O2PS2/c1-5-7-9-11-14-18-20(21,22-16-13-17(3)4)19-15-12-10-8-6-2/h17H,5-16H2,1-4H3. The molecule has 22 heavy (non-hydrogen) atoms. The van der Waals surface area contributed by atoms with Gasteiger partial charge in [-0.3, -0.25) is 0 Å². The van der Waals surface area contributed by atoms with E-state index in [9.17, 15) is 0 Å². The van der Waals surface area contributed by atoms with Crippen LogP contribution in [0.3, 0.4) is 0 Å². The first-order valence-corrected chi connectivity index (χ1v) is 13.3. The SMILES string of the molecule is CCCCCCOP(=S)(OCCCCCC)SCCC(C)C. The van der Waals surface area contributed by atoms with E-state index in [1.165, 1.54) is 44.9 Å². The van der Waals surface area contributed by atoms with Gasteiger partial charge in [0, 0.05) is 5.75 Å². The Kier molecular flexibility index (Phi) is 16.1. The van der Waals surface area contributed by atoms with Crippen molar-refractivity contribution >= 4 is 28.9 Å². The topological polar surface area (TPSA) is 18.5 Å². The maximum atomic E-state index is 6.03. The van der Waals surface area contributed by atoms with E-state index in [0.717, 1.165) is 31.8 Å². The molecule has 0 aromatic carbocycles. The molecule has 0 rings (SSSR count). The van der Waals surface area contributed by atoms with Gasteiger partial charge >= 0.3 is 0 Å². The van der Waals surface area contributed by atoms with Crippen molar-refractivity contribution in [2.45, 2.75) is 85.5 Å². The van der Waals surface area contributed by atoms with E-state index < -0.39 is 5.69 Å². The molecule has 0 fully saturated rings. The highest BCUT2D eigenvalue weighted by atomic mass is 32.9. The molecule has 0 amide bonds. The second-order valence-electron chi connectivity index (χ2n) is 6.25. The monoisotopic (exact) mass is 368 g/mol. The molecule has 0 unspecified atom stereocenters. The molecule has 0 spiro atoms. The Labute approximate surface area is 148 Å². The van der Waals surface area contributed by atoms with Gasteiger partial charge in [0.2, 0.25) is 5.69 Å². The lowest BCUT2D eigenvalue weighted by molar-refractivity contribution is 0.250. The lowest BCUT2D eigenvalue weighted by Gasteiger charge is -2.22. The third kappa shape index (κ3) is 14.5. The average molecular weight is 369 g/mol. The third-order valence-electron chi connectivity index (χ3n) is 3.44. The zero-order valence-electron chi connectivity index (χ0n) is 15.1. The molecule has 0 atom stereocenters. The van der Waals surface area contributed by atoms with Crippen molar-refractivity contribution in [2.24, 2.45) is 5.92 Å². The molecule has 134 valence electrons. The summed E-state index contributed by atoms with van der Waals surface area (Å²) in [6.45, 7) is 10.5. The maximum absolute atomic E-state index is 6.03. The smallest absolute Gasteiger partial charge is 0.247 e. The zero-order chi connectivity index (χ0) is 16.7. The summed E-state index contributed by atoms with van der Waals surface area (Å²) >= 11 is 7.50. The van der Waals surface area contributed by atoms with Crippen molar-refractivity contribution in [2.75, 3.05) is 19.0 Å². The van der Waals surface area contributed by atoms with Crippen molar-refractivity contribution in [3.05, 3.63) is 0 Å². The number of hydrogen-bond acceptors (Lipinski definition) is 4. The number of rotatable bonds is 16. The Bertz CT molecular complexity index is 268. The van der Waals surface area contributed by atoms with Crippen molar-refractivity contribution in [3.8, 4) is 0 Å². The first-order chi connectivity index (χ1) is 10.5. The fraction of sp³-hybridized carbons (Fsp3) is 1.00. The Morgan fingerprint density at radius 2 is 1.36 bits per heavy atom. The zero-order valence-corrected chi connectivity index (χ0v) is 17.7. The van der Waals surface area contributed by atoms with Gasteiger partial charge in [0.15, 0.2) is 0 Å². The van der Waals surface area contributed by atoms with Gasteiger partial charge in [-0.25, -0.2) is 0 Å². The highest BCUT2D eigenvalue weighted by molar-refractivity contribution is 8.67. The van der Waals surface area contributed by atoms with Crippen molar-refractivity contribution in [1.29, 1.82) is 0 Å². The molecule has 0 aliphatic carbocycles. The van der Waals surface area contributed by atoms with E-state index >= 15 is 0 Å². The predicted molar refractivity (Wildman–Crippen MR) is 106 cm³/mol. The lowest BCUT2D eigenvalue weighted by atomic mass is 10.2. The predicted octanol–water partition coefficient (Wildman–Crippen LogP) is 7.18. The van der Waals surface area contributed by atoms with Crippen LogP contribution in [-0.4, -0.2) is 19.0 Å². The first-order valence-electron chi connectivity index (χ1n) is 9.07. The molecule has 0 aromatic heterocycles. The van der Waals surface area contributed by atoms with Gasteiger partial charge in [-0.05, 0) is 37.0 Å². The van der Waals surface area contributed by atoms with Crippen molar-refractivity contribution in [1.82, 2.24) is 0 Å². The van der Waals surface area contributed by atoms with Gasteiger partial charge in [0.25, 0.3) is 0 Å². The van der Waals surface area contributed by atoms with Crippen LogP contribution in [0.4, 0.5) is 0 Å². The van der Waals surface area contributed by atoms with Crippen LogP contribution in [-0.2, 0) is 20.9 Å². The molecular weight excluding hydrogens is 331 g/mol. The Balaban J connectivity index is 4.08. The summed E-state index contributed by atoms with van der Waals surface area (Å²) in [7, 11) is 0. The van der Waals surface area contributed by atoms with Gasteiger partial charge < -0.3 is 9.05 Å². The van der Waals surface area contributed by atoms with Crippen LogP contribution in [0.2, 0.25) is 0 Å². The van der Waals surface area contributed by atoms with E-state index in [1.807, 2.05) is 0 Å². The summed E-state index contributed by atoms with van der Waals surface area (Å²) in [6, 6.07) is 0. The molecule has 5 heteroatoms. The maximum Gasteiger partial charge on any atom is 0.247 e. The van der Waals surface area contributed by atoms with Crippen LogP contribution in [0, 0.1) is 5.92 Å². The summed E-state index contributed by atoms with van der Waals surface area (Å²) in [4.78, 5) is 0. The van der Waals surface area contributed by atoms with Gasteiger partial charge in [-0.1, -0.05) is 77.6 Å². The van der Waals surface area contributed by atoms with E-state index in [0.29, 0.717) is 5.92 Å². The molecule has 2 nitrogen and oxygen atoms in total. The van der Waals surface area contributed by atoms with Crippen LogP contribution in [0.25, 0.3) is 0 Å². The fourth-order valence-electron chi connectivity index (χ4n) is 1.92. The highest BCUT2D eigenvalue weighted by Crippen LogP contribution is 2.61. The molecule has 0 aliphatic heterocycles. The fourth-order valence-corrected chi connectivity index (χ4v) is 6.65. The molecule has 0 saturated carbocycles. The van der Waals surface area contributed by atoms with Crippen LogP contribution < -0.4 is 0 Å². The first kappa shape index (κ1) is 22.9. The highest BCUT2D eigenvalue weighted by Gasteiger charge is 2.19. The van der Waals surface area contributed by atoms with E-state index in [1.54, 1.807) is 11.4 Å². The van der Waals surface area contributed by atoms with Crippen LogP contribution >= 0.6 is 17.1 Å². The minimum atomic E-state index is -2.12. The molecule has 0 saturated heterocycles. The van der Waals surface area contributed by atoms with Crippen molar-refractivity contribution < 1.29 is 9.05 Å². The number of unbranched alkanes of at least 4 members (excludes halogenated alkanes) is 6. The Morgan fingerprint density at radius 3 is 1.77 bits per heavy atom. The Hall–Kier alpha value is 0.920. The quantitative estimate of drug-likeness (QED) is 0.212. The minimum Gasteiger partial charge on any atom is -0.322 e. The van der Waals surface area contributed by atoms with E-state index in [4.69, 9.17) is 20.9 Å². The minimum absolute atomic E-state index is 0.713. The van der Waals surface area contributed by atoms with Gasteiger partial charge in [-0.15, -0.1) is 0 Å². The Morgan fingerprint density at radius 1 is 0.864 bits per heavy atom. The second kappa shape index (κ2) is 15.4. The molecule has 0 bridgehead atoms. The van der Waals surface area contributed by atoms with Crippen LogP contribution in [0.5, 0.6) is 0 Å². The van der Waals surface area contributed by atoms with Crippen molar-refractivity contribution in [3.63, 3.8) is 0 Å². The lowest BCUT2D eigenvalue weighted by Crippen LogP contribution is -1.99. The molecule has 0 radical (unpaired) electrons. The number of hydrogen-bond donors (Lipinski definition) is 0. The second-order valence-corrected chi connectivity index (χ2v) is 12.7.